The van der Waals surface area contributed by atoms with E-state index in [1.807, 2.05) is 44.2 Å². The van der Waals surface area contributed by atoms with Crippen molar-refractivity contribution in [3.8, 4) is 39.9 Å². The van der Waals surface area contributed by atoms with Crippen LogP contribution in [0.3, 0.4) is 0 Å². The highest BCUT2D eigenvalue weighted by molar-refractivity contribution is 5.95. The molecular formula is C37H42N6O8. The van der Waals surface area contributed by atoms with Gasteiger partial charge in [0.1, 0.15) is 12.6 Å². The molecule has 4 aromatic rings. The van der Waals surface area contributed by atoms with Gasteiger partial charge in [-0.3, -0.25) is 24.8 Å². The van der Waals surface area contributed by atoms with Gasteiger partial charge < -0.3 is 34.3 Å². The number of carbonyl (C=O) groups is 2. The van der Waals surface area contributed by atoms with E-state index in [0.29, 0.717) is 65.0 Å². The van der Waals surface area contributed by atoms with E-state index < -0.39 is 24.1 Å². The second kappa shape index (κ2) is 15.0. The van der Waals surface area contributed by atoms with Crippen LogP contribution in [0.25, 0.3) is 11.1 Å². The number of para-hydroxylation sites is 2. The maximum atomic E-state index is 14.0. The van der Waals surface area contributed by atoms with Crippen LogP contribution in [0.5, 0.6) is 28.7 Å². The predicted octanol–water partition coefficient (Wildman–Crippen LogP) is 4.96. The van der Waals surface area contributed by atoms with Gasteiger partial charge in [-0.15, -0.1) is 5.10 Å². The molecule has 0 fully saturated rings. The van der Waals surface area contributed by atoms with Crippen molar-refractivity contribution in [2.24, 2.45) is 5.92 Å². The smallest absolute Gasteiger partial charge is 0.249 e. The second-order valence-corrected chi connectivity index (χ2v) is 12.5. The van der Waals surface area contributed by atoms with Crippen LogP contribution in [-0.2, 0) is 16.0 Å². The van der Waals surface area contributed by atoms with E-state index in [0.717, 1.165) is 11.1 Å². The molecule has 268 valence electrons. The van der Waals surface area contributed by atoms with Crippen molar-refractivity contribution in [1.29, 1.82) is 0 Å². The fraction of sp³-hybridized carbons (Fsp3) is 0.378. The summed E-state index contributed by atoms with van der Waals surface area (Å²) in [5.74, 6) is 2.20. The van der Waals surface area contributed by atoms with Gasteiger partial charge in [0.05, 0.1) is 33.1 Å². The number of ether oxygens (including phenoxy) is 5. The molecule has 0 spiro atoms. The lowest BCUT2D eigenvalue weighted by atomic mass is 9.95. The van der Waals surface area contributed by atoms with Gasteiger partial charge in [0, 0.05) is 12.5 Å². The molecule has 1 aliphatic carbocycles. The number of aryl methyl sites for hydroxylation is 1. The predicted molar refractivity (Wildman–Crippen MR) is 190 cm³/mol. The number of fused-ring (bicyclic) bond motifs is 4. The van der Waals surface area contributed by atoms with E-state index in [1.54, 1.807) is 26.4 Å². The van der Waals surface area contributed by atoms with Crippen molar-refractivity contribution in [2.45, 2.75) is 58.2 Å². The third-order valence-corrected chi connectivity index (χ3v) is 9.27. The number of aromatic amines is 1. The van der Waals surface area contributed by atoms with E-state index in [1.165, 1.54) is 20.1 Å². The minimum absolute atomic E-state index is 0.0615. The van der Waals surface area contributed by atoms with Crippen LogP contribution in [0.1, 0.15) is 62.7 Å². The fourth-order valence-corrected chi connectivity index (χ4v) is 6.51. The van der Waals surface area contributed by atoms with E-state index in [-0.39, 0.29) is 35.5 Å². The molecule has 0 saturated carbocycles. The molecule has 0 radical (unpaired) electrons. The Kier molecular flexibility index (Phi) is 10.3. The lowest BCUT2D eigenvalue weighted by molar-refractivity contribution is -0.120. The van der Waals surface area contributed by atoms with Gasteiger partial charge >= 0.3 is 0 Å². The number of nitrogens with zero attached hydrogens (tertiary/aromatic N) is 2. The van der Waals surface area contributed by atoms with Gasteiger partial charge in [0.2, 0.25) is 28.9 Å². The van der Waals surface area contributed by atoms with E-state index in [4.69, 9.17) is 23.7 Å². The maximum absolute atomic E-state index is 14.0. The van der Waals surface area contributed by atoms with Crippen molar-refractivity contribution in [2.75, 3.05) is 38.6 Å². The largest absolute Gasteiger partial charge is 0.493 e. The topological polar surface area (TPSA) is 175 Å². The minimum Gasteiger partial charge on any atom is -0.493 e. The van der Waals surface area contributed by atoms with Crippen LogP contribution in [0.15, 0.2) is 53.3 Å². The Morgan fingerprint density at radius 2 is 1.80 bits per heavy atom. The molecule has 1 unspecified atom stereocenters. The number of carbonyl (C=O) groups excluding carboxylic acids is 2. The Morgan fingerprint density at radius 3 is 2.51 bits per heavy atom. The number of hydrogen-bond donors (Lipinski definition) is 4. The molecule has 0 bridgehead atoms. The van der Waals surface area contributed by atoms with Crippen LogP contribution in [0.4, 0.5) is 11.6 Å². The molecule has 14 nitrogen and oxygen atoms in total. The number of anilines is 2. The van der Waals surface area contributed by atoms with Gasteiger partial charge in [0.25, 0.3) is 0 Å². The number of benzene rings is 2. The van der Waals surface area contributed by atoms with Crippen LogP contribution in [0.2, 0.25) is 0 Å². The van der Waals surface area contributed by atoms with Gasteiger partial charge in [0.15, 0.2) is 34.9 Å². The standard InChI is InChI=1S/C37H42N6O8/c1-7-19(2)32(36(46)41-37-40-35(42-43-37)30-18-50-27-10-8-9-11-28(27)51-30)39-25-15-13-22-23(17-26(25)45)24(38-20(3)44)14-12-21-16-29(47-4)33(48-5)34(49-6)31(21)22/h8-11,13,15-17,19,24,30,32H,7,12,14,18H2,1-6H3,(H,38,44)(H,39,45)(H2,40,41,42,43,46)/t19-,24+,30?,32+/m1/s1. The van der Waals surface area contributed by atoms with E-state index in [2.05, 4.69) is 31.1 Å². The highest BCUT2D eigenvalue weighted by Gasteiger charge is 2.31. The first-order valence-corrected chi connectivity index (χ1v) is 16.8. The van der Waals surface area contributed by atoms with Crippen molar-refractivity contribution in [1.82, 2.24) is 20.5 Å². The second-order valence-electron chi connectivity index (χ2n) is 12.5. The summed E-state index contributed by atoms with van der Waals surface area (Å²) in [6, 6.07) is 12.9. The summed E-state index contributed by atoms with van der Waals surface area (Å²) in [7, 11) is 4.63. The molecule has 0 saturated heterocycles. The SMILES string of the molecule is CC[C@@H](C)[C@H](Nc1ccc2c(cc1=O)[C@@H](NC(C)=O)CCc1cc(OC)c(OC)c(OC)c1-2)C(=O)Nc1n[nH]c(C2COc3ccccc3O2)n1. The number of hydrogen-bond acceptors (Lipinski definition) is 11. The van der Waals surface area contributed by atoms with Crippen LogP contribution < -0.4 is 45.1 Å². The van der Waals surface area contributed by atoms with Crippen molar-refractivity contribution < 1.29 is 33.3 Å². The fourth-order valence-electron chi connectivity index (χ4n) is 6.51. The molecule has 51 heavy (non-hydrogen) atoms. The van der Waals surface area contributed by atoms with Crippen LogP contribution in [0, 0.1) is 5.92 Å². The summed E-state index contributed by atoms with van der Waals surface area (Å²) in [5, 5.41) is 16.0. The first kappa shape index (κ1) is 35.1. The highest BCUT2D eigenvalue weighted by Crippen LogP contribution is 2.50. The van der Waals surface area contributed by atoms with E-state index in [9.17, 15) is 14.4 Å². The number of nitrogens with one attached hydrogen (secondary N) is 4. The van der Waals surface area contributed by atoms with E-state index >= 15 is 0 Å². The molecule has 14 heteroatoms. The maximum Gasteiger partial charge on any atom is 0.249 e. The zero-order chi connectivity index (χ0) is 36.2. The summed E-state index contributed by atoms with van der Waals surface area (Å²) in [6.07, 6.45) is 1.18. The molecule has 1 aromatic heterocycles. The molecule has 2 heterocycles. The molecular weight excluding hydrogens is 656 g/mol. The first-order chi connectivity index (χ1) is 24.6. The Bertz CT molecular complexity index is 2000. The normalized spacial score (nSPS) is 17.1. The molecule has 6 rings (SSSR count). The first-order valence-electron chi connectivity index (χ1n) is 16.8. The zero-order valence-electron chi connectivity index (χ0n) is 29.4. The number of rotatable bonds is 11. The van der Waals surface area contributed by atoms with Gasteiger partial charge in [-0.05, 0) is 65.8 Å². The number of methoxy groups -OCH3 is 3. The van der Waals surface area contributed by atoms with Crippen molar-refractivity contribution >= 4 is 23.5 Å². The van der Waals surface area contributed by atoms with Gasteiger partial charge in [-0.1, -0.05) is 38.5 Å². The molecule has 2 aliphatic rings. The van der Waals surface area contributed by atoms with Gasteiger partial charge in [-0.2, -0.15) is 4.98 Å². The summed E-state index contributed by atoms with van der Waals surface area (Å²) in [6.45, 7) is 5.54. The minimum atomic E-state index is -0.828. The summed E-state index contributed by atoms with van der Waals surface area (Å²) in [4.78, 5) is 44.6. The molecule has 4 atom stereocenters. The quantitative estimate of drug-likeness (QED) is 0.167. The lowest BCUT2D eigenvalue weighted by Gasteiger charge is -2.24. The summed E-state index contributed by atoms with van der Waals surface area (Å²) in [5.41, 5.74) is 2.77. The molecule has 2 amide bonds. The van der Waals surface area contributed by atoms with Crippen molar-refractivity contribution in [3.05, 3.63) is 75.7 Å². The van der Waals surface area contributed by atoms with Crippen LogP contribution in [-0.4, -0.2) is 61.0 Å². The zero-order valence-corrected chi connectivity index (χ0v) is 29.4. The Morgan fingerprint density at radius 1 is 1.04 bits per heavy atom. The third-order valence-electron chi connectivity index (χ3n) is 9.27. The van der Waals surface area contributed by atoms with Crippen molar-refractivity contribution in [3.63, 3.8) is 0 Å². The Labute approximate surface area is 295 Å². The Hall–Kier alpha value is -5.79. The summed E-state index contributed by atoms with van der Waals surface area (Å²) < 4.78 is 29.0. The average molecular weight is 699 g/mol. The summed E-state index contributed by atoms with van der Waals surface area (Å²) >= 11 is 0. The number of amides is 2. The average Bonchev–Trinajstić information content (AvgIpc) is 3.48. The van der Waals surface area contributed by atoms with Crippen LogP contribution >= 0.6 is 0 Å². The number of H-pyrrole nitrogens is 1. The highest BCUT2D eigenvalue weighted by atomic mass is 16.6. The molecule has 1 aliphatic heterocycles. The molecule has 4 N–H and O–H groups in total. The van der Waals surface area contributed by atoms with Gasteiger partial charge in [-0.25, -0.2) is 0 Å². The molecule has 3 aromatic carbocycles. The monoisotopic (exact) mass is 698 g/mol. The Balaban J connectivity index is 1.32. The third kappa shape index (κ3) is 7.12. The number of aromatic nitrogens is 3. The lowest BCUT2D eigenvalue weighted by Crippen LogP contribution is -2.41.